The Morgan fingerprint density at radius 3 is 1.75 bits per heavy atom. The van der Waals surface area contributed by atoms with Gasteiger partial charge in [0.05, 0.1) is 10.4 Å². The summed E-state index contributed by atoms with van der Waals surface area (Å²) in [6.07, 6.45) is 2.10. The van der Waals surface area contributed by atoms with Crippen LogP contribution in [0.2, 0.25) is 65.0 Å². The van der Waals surface area contributed by atoms with Crippen molar-refractivity contribution in [1.82, 2.24) is 0 Å². The fraction of sp³-hybridized carbons (Fsp3) is 1.00. The van der Waals surface area contributed by atoms with Gasteiger partial charge >= 0.3 is 0 Å². The first-order valence-electron chi connectivity index (χ1n) is 9.55. The Bertz CT molecular complexity index is 448. The molecule has 0 amide bonds. The van der Waals surface area contributed by atoms with Crippen LogP contribution < -0.4 is 0 Å². The molecule has 0 radical (unpaired) electrons. The van der Waals surface area contributed by atoms with Crippen molar-refractivity contribution in [2.45, 2.75) is 109 Å². The van der Waals surface area contributed by atoms with E-state index in [2.05, 4.69) is 79.7 Å². The van der Waals surface area contributed by atoms with Gasteiger partial charge in [0.2, 0.25) is 16.6 Å². The standard InChI is InChI=1S/C17H42O3Si4/c1-13-16(3,18-21(4,5)6)24(12)15-17(14-2,19-24)23(10,11)20-22(7,8)9/h13-15H2,1-12H3/t16-,17-,24?/m1/s1. The second-order valence-electron chi connectivity index (χ2n) is 10.4. The number of hydrogen-bond acceptors (Lipinski definition) is 3. The molecule has 3 atom stereocenters. The lowest BCUT2D eigenvalue weighted by atomic mass is 10.3. The van der Waals surface area contributed by atoms with Crippen molar-refractivity contribution in [2.24, 2.45) is 0 Å². The van der Waals surface area contributed by atoms with Gasteiger partial charge in [-0.05, 0) is 84.7 Å². The summed E-state index contributed by atoms with van der Waals surface area (Å²) in [6.45, 7) is 27.7. The largest absolute Gasteiger partial charge is 0.454 e. The Kier molecular flexibility index (Phi) is 6.38. The van der Waals surface area contributed by atoms with Gasteiger partial charge in [-0.2, -0.15) is 0 Å². The summed E-state index contributed by atoms with van der Waals surface area (Å²) < 4.78 is 20.4. The van der Waals surface area contributed by atoms with Gasteiger partial charge in [-0.25, -0.2) is 0 Å². The fourth-order valence-corrected chi connectivity index (χ4v) is 23.3. The van der Waals surface area contributed by atoms with Crippen LogP contribution in [0.3, 0.4) is 0 Å². The molecule has 1 unspecified atom stereocenters. The van der Waals surface area contributed by atoms with Gasteiger partial charge in [0.15, 0.2) is 16.6 Å². The van der Waals surface area contributed by atoms with E-state index in [0.717, 1.165) is 12.8 Å². The SMILES string of the molecule is CC[C@@]1([Si](C)(C)O[Si](C)(C)C)C[Si](C)([C@](C)(CC)O[Si](C)(C)C)O1. The minimum Gasteiger partial charge on any atom is -0.454 e. The van der Waals surface area contributed by atoms with Crippen molar-refractivity contribution in [1.29, 1.82) is 0 Å². The lowest BCUT2D eigenvalue weighted by molar-refractivity contribution is 0.0153. The van der Waals surface area contributed by atoms with E-state index in [1.165, 1.54) is 6.04 Å². The van der Waals surface area contributed by atoms with Gasteiger partial charge < -0.3 is 13.0 Å². The highest BCUT2D eigenvalue weighted by molar-refractivity contribution is 6.90. The fourth-order valence-electron chi connectivity index (χ4n) is 4.31. The van der Waals surface area contributed by atoms with E-state index in [-0.39, 0.29) is 10.4 Å². The molecule has 1 heterocycles. The molecule has 0 bridgehead atoms. The molecule has 1 aliphatic heterocycles. The number of hydrogen-bond donors (Lipinski definition) is 0. The Hall–Kier alpha value is 0.748. The van der Waals surface area contributed by atoms with Crippen molar-refractivity contribution in [3.8, 4) is 0 Å². The lowest BCUT2D eigenvalue weighted by Crippen LogP contribution is -2.80. The van der Waals surface area contributed by atoms with E-state index in [4.69, 9.17) is 13.0 Å². The second-order valence-corrected chi connectivity index (χ2v) is 27.9. The predicted octanol–water partition coefficient (Wildman–Crippen LogP) is 5.90. The van der Waals surface area contributed by atoms with Crippen molar-refractivity contribution in [3.63, 3.8) is 0 Å². The summed E-state index contributed by atoms with van der Waals surface area (Å²) in [5.41, 5.74) is 0. The Balaban J connectivity index is 3.06. The van der Waals surface area contributed by atoms with Gasteiger partial charge in [0.1, 0.15) is 0 Å². The lowest BCUT2D eigenvalue weighted by Gasteiger charge is -2.65. The molecule has 7 heteroatoms. The van der Waals surface area contributed by atoms with Gasteiger partial charge in [-0.15, -0.1) is 0 Å². The Morgan fingerprint density at radius 2 is 1.46 bits per heavy atom. The molecule has 24 heavy (non-hydrogen) atoms. The van der Waals surface area contributed by atoms with E-state index in [1.54, 1.807) is 0 Å². The molecule has 3 nitrogen and oxygen atoms in total. The summed E-state index contributed by atoms with van der Waals surface area (Å²) in [5.74, 6) is 0. The normalized spacial score (nSPS) is 31.5. The summed E-state index contributed by atoms with van der Waals surface area (Å²) in [6, 6.07) is 1.19. The van der Waals surface area contributed by atoms with Crippen molar-refractivity contribution >= 4 is 33.3 Å². The highest BCUT2D eigenvalue weighted by atomic mass is 28.4. The van der Waals surface area contributed by atoms with Gasteiger partial charge in [0.25, 0.3) is 0 Å². The third-order valence-corrected chi connectivity index (χ3v) is 19.5. The highest BCUT2D eigenvalue weighted by Gasteiger charge is 2.69. The molecule has 0 aromatic heterocycles. The maximum atomic E-state index is 6.97. The molecule has 0 aromatic carbocycles. The Labute approximate surface area is 155 Å². The third kappa shape index (κ3) is 4.53. The maximum absolute atomic E-state index is 6.97. The molecule has 1 fully saturated rings. The van der Waals surface area contributed by atoms with Crippen LogP contribution in [0.15, 0.2) is 0 Å². The first-order valence-corrected chi connectivity index (χ1v) is 21.9. The topological polar surface area (TPSA) is 27.7 Å². The van der Waals surface area contributed by atoms with Crippen LogP contribution in [0, 0.1) is 0 Å². The molecule has 144 valence electrons. The first kappa shape index (κ1) is 22.8. The van der Waals surface area contributed by atoms with Crippen molar-refractivity contribution < 1.29 is 13.0 Å². The molecule has 0 aliphatic carbocycles. The Morgan fingerprint density at radius 1 is 1.00 bits per heavy atom. The average molecular weight is 407 g/mol. The van der Waals surface area contributed by atoms with Crippen molar-refractivity contribution in [2.75, 3.05) is 0 Å². The molecule has 0 aromatic rings. The molecule has 0 spiro atoms. The summed E-state index contributed by atoms with van der Waals surface area (Å²) in [4.78, 5) is 0. The van der Waals surface area contributed by atoms with Gasteiger partial charge in [-0.1, -0.05) is 13.8 Å². The first-order chi connectivity index (χ1) is 10.4. The van der Waals surface area contributed by atoms with Crippen molar-refractivity contribution in [3.05, 3.63) is 0 Å². The summed E-state index contributed by atoms with van der Waals surface area (Å²) in [7, 11) is -7.01. The zero-order chi connectivity index (χ0) is 19.2. The number of rotatable bonds is 8. The minimum atomic E-state index is -1.92. The monoisotopic (exact) mass is 406 g/mol. The van der Waals surface area contributed by atoms with Crippen LogP contribution in [0.4, 0.5) is 0 Å². The third-order valence-electron chi connectivity index (χ3n) is 5.60. The zero-order valence-electron chi connectivity index (χ0n) is 18.3. The van der Waals surface area contributed by atoms with Crippen LogP contribution in [0.1, 0.15) is 33.6 Å². The van der Waals surface area contributed by atoms with E-state index in [1.807, 2.05) is 0 Å². The van der Waals surface area contributed by atoms with Crippen LogP contribution in [-0.4, -0.2) is 43.7 Å². The minimum absolute atomic E-state index is 0.0204. The van der Waals surface area contributed by atoms with Gasteiger partial charge in [-0.3, -0.25) is 0 Å². The maximum Gasteiger partial charge on any atom is 0.222 e. The molecular formula is C17H42O3Si4. The molecule has 1 aliphatic rings. The van der Waals surface area contributed by atoms with Crippen LogP contribution >= 0.6 is 0 Å². The molecular weight excluding hydrogens is 365 g/mol. The second kappa shape index (κ2) is 6.72. The van der Waals surface area contributed by atoms with Gasteiger partial charge in [0, 0.05) is 0 Å². The molecule has 1 saturated heterocycles. The molecule has 0 N–H and O–H groups in total. The smallest absolute Gasteiger partial charge is 0.222 e. The summed E-state index contributed by atoms with van der Waals surface area (Å²) >= 11 is 0. The van der Waals surface area contributed by atoms with Crippen LogP contribution in [-0.2, 0) is 13.0 Å². The summed E-state index contributed by atoms with van der Waals surface area (Å²) in [5, 5.41) is -0.104. The molecule has 0 saturated carbocycles. The van der Waals surface area contributed by atoms with Crippen LogP contribution in [0.5, 0.6) is 0 Å². The average Bonchev–Trinajstić information content (AvgIpc) is 2.28. The van der Waals surface area contributed by atoms with E-state index >= 15 is 0 Å². The van der Waals surface area contributed by atoms with E-state index in [9.17, 15) is 0 Å². The zero-order valence-corrected chi connectivity index (χ0v) is 22.3. The molecule has 1 rings (SSSR count). The van der Waals surface area contributed by atoms with Crippen LogP contribution in [0.25, 0.3) is 0 Å². The van der Waals surface area contributed by atoms with E-state index in [0.29, 0.717) is 0 Å². The highest BCUT2D eigenvalue weighted by Crippen LogP contribution is 2.54. The predicted molar refractivity (Wildman–Crippen MR) is 116 cm³/mol. The quantitative estimate of drug-likeness (QED) is 0.470. The van der Waals surface area contributed by atoms with E-state index < -0.39 is 33.3 Å².